The van der Waals surface area contributed by atoms with Crippen molar-refractivity contribution in [2.24, 2.45) is 5.92 Å². The molecule has 0 saturated heterocycles. The Hall–Kier alpha value is -2.83. The number of para-hydroxylation sites is 1. The first-order valence-corrected chi connectivity index (χ1v) is 7.43. The Morgan fingerprint density at radius 1 is 1.30 bits per heavy atom. The maximum atomic E-state index is 12.4. The molecule has 1 aliphatic rings. The highest BCUT2D eigenvalue weighted by molar-refractivity contribution is 5.79. The normalized spacial score (nSPS) is 16.8. The molecule has 1 atom stereocenters. The van der Waals surface area contributed by atoms with Gasteiger partial charge in [-0.15, -0.1) is 0 Å². The molecule has 0 saturated carbocycles. The molecule has 0 unspecified atom stereocenters. The van der Waals surface area contributed by atoms with Crippen molar-refractivity contribution in [1.82, 2.24) is 15.3 Å². The fraction of sp³-hybridized carbons (Fsp3) is 0.312. The van der Waals surface area contributed by atoms with Gasteiger partial charge in [-0.3, -0.25) is 14.6 Å². The first kappa shape index (κ1) is 15.1. The van der Waals surface area contributed by atoms with Crippen LogP contribution in [0.5, 0.6) is 5.75 Å². The summed E-state index contributed by atoms with van der Waals surface area (Å²) in [6.07, 6.45) is 2.53. The zero-order valence-corrected chi connectivity index (χ0v) is 12.4. The summed E-state index contributed by atoms with van der Waals surface area (Å²) in [5.41, 5.74) is 0.251. The van der Waals surface area contributed by atoms with E-state index in [9.17, 15) is 14.4 Å². The van der Waals surface area contributed by atoms with Crippen LogP contribution in [0.25, 0.3) is 0 Å². The van der Waals surface area contributed by atoms with Crippen molar-refractivity contribution in [2.75, 3.05) is 6.61 Å². The molecule has 2 aromatic rings. The van der Waals surface area contributed by atoms with Gasteiger partial charge in [-0.2, -0.15) is 0 Å². The van der Waals surface area contributed by atoms with E-state index in [0.29, 0.717) is 25.0 Å². The number of aromatic amines is 2. The van der Waals surface area contributed by atoms with Crippen molar-refractivity contribution in [3.8, 4) is 5.75 Å². The third-order valence-electron chi connectivity index (χ3n) is 3.88. The van der Waals surface area contributed by atoms with E-state index in [0.717, 1.165) is 11.3 Å². The predicted octanol–water partition coefficient (Wildman–Crippen LogP) is 0.321. The summed E-state index contributed by atoms with van der Waals surface area (Å²) in [7, 11) is 0. The molecule has 0 radical (unpaired) electrons. The SMILES string of the molecule is O=C(NCc1c[nH]c(=O)[nH]c1=O)[C@H]1CCOc2ccccc2C1. The van der Waals surface area contributed by atoms with Crippen molar-refractivity contribution in [3.05, 3.63) is 62.4 Å². The van der Waals surface area contributed by atoms with E-state index in [1.54, 1.807) is 0 Å². The molecule has 0 spiro atoms. The van der Waals surface area contributed by atoms with Gasteiger partial charge in [0.05, 0.1) is 12.2 Å². The van der Waals surface area contributed by atoms with Crippen LogP contribution in [0.4, 0.5) is 0 Å². The van der Waals surface area contributed by atoms with Gasteiger partial charge >= 0.3 is 5.69 Å². The number of hydrogen-bond acceptors (Lipinski definition) is 4. The quantitative estimate of drug-likeness (QED) is 0.759. The zero-order valence-electron chi connectivity index (χ0n) is 12.4. The molecule has 7 nitrogen and oxygen atoms in total. The fourth-order valence-electron chi connectivity index (χ4n) is 2.61. The second kappa shape index (κ2) is 6.51. The summed E-state index contributed by atoms with van der Waals surface area (Å²) < 4.78 is 5.65. The zero-order chi connectivity index (χ0) is 16.2. The molecule has 1 amide bonds. The van der Waals surface area contributed by atoms with Gasteiger partial charge in [0.2, 0.25) is 5.91 Å². The molecule has 1 aromatic heterocycles. The number of hydrogen-bond donors (Lipinski definition) is 3. The molecule has 0 bridgehead atoms. The number of rotatable bonds is 3. The highest BCUT2D eigenvalue weighted by atomic mass is 16.5. The molecule has 120 valence electrons. The molecule has 2 heterocycles. The summed E-state index contributed by atoms with van der Waals surface area (Å²) in [6.45, 7) is 0.554. The number of H-pyrrole nitrogens is 2. The van der Waals surface area contributed by atoms with Gasteiger partial charge in [0.15, 0.2) is 0 Å². The summed E-state index contributed by atoms with van der Waals surface area (Å²) in [5, 5.41) is 2.75. The van der Waals surface area contributed by atoms with E-state index >= 15 is 0 Å². The molecule has 0 aliphatic carbocycles. The predicted molar refractivity (Wildman–Crippen MR) is 83.3 cm³/mol. The molecule has 0 fully saturated rings. The minimum Gasteiger partial charge on any atom is -0.493 e. The second-order valence-electron chi connectivity index (χ2n) is 5.46. The maximum Gasteiger partial charge on any atom is 0.325 e. The average molecular weight is 315 g/mol. The summed E-state index contributed by atoms with van der Waals surface area (Å²) in [4.78, 5) is 39.4. The van der Waals surface area contributed by atoms with Gasteiger partial charge in [-0.25, -0.2) is 4.79 Å². The minimum atomic E-state index is -0.567. The van der Waals surface area contributed by atoms with Gasteiger partial charge in [-0.1, -0.05) is 18.2 Å². The van der Waals surface area contributed by atoms with Crippen LogP contribution in [0.1, 0.15) is 17.5 Å². The van der Waals surface area contributed by atoms with Crippen LogP contribution in [0.2, 0.25) is 0 Å². The smallest absolute Gasteiger partial charge is 0.325 e. The van der Waals surface area contributed by atoms with E-state index < -0.39 is 11.2 Å². The van der Waals surface area contributed by atoms with Gasteiger partial charge < -0.3 is 15.0 Å². The van der Waals surface area contributed by atoms with E-state index in [2.05, 4.69) is 15.3 Å². The lowest BCUT2D eigenvalue weighted by Crippen LogP contribution is -2.34. The third-order valence-corrected chi connectivity index (χ3v) is 3.88. The summed E-state index contributed by atoms with van der Waals surface area (Å²) in [5.74, 6) is 0.483. The topological polar surface area (TPSA) is 104 Å². The molecule has 7 heteroatoms. The van der Waals surface area contributed by atoms with Crippen molar-refractivity contribution < 1.29 is 9.53 Å². The average Bonchev–Trinajstić information content (AvgIpc) is 2.76. The van der Waals surface area contributed by atoms with Crippen LogP contribution in [0.15, 0.2) is 40.1 Å². The number of amides is 1. The summed E-state index contributed by atoms with van der Waals surface area (Å²) in [6, 6.07) is 7.67. The maximum absolute atomic E-state index is 12.4. The Morgan fingerprint density at radius 3 is 2.96 bits per heavy atom. The van der Waals surface area contributed by atoms with E-state index in [1.165, 1.54) is 6.20 Å². The van der Waals surface area contributed by atoms with Crippen LogP contribution < -0.4 is 21.3 Å². The van der Waals surface area contributed by atoms with Gasteiger partial charge in [-0.05, 0) is 24.5 Å². The van der Waals surface area contributed by atoms with Crippen molar-refractivity contribution in [1.29, 1.82) is 0 Å². The van der Waals surface area contributed by atoms with E-state index in [4.69, 9.17) is 4.74 Å². The number of fused-ring (bicyclic) bond motifs is 1. The number of benzene rings is 1. The Kier molecular flexibility index (Phi) is 4.27. The lowest BCUT2D eigenvalue weighted by molar-refractivity contribution is -0.125. The van der Waals surface area contributed by atoms with Crippen LogP contribution in [-0.2, 0) is 17.8 Å². The van der Waals surface area contributed by atoms with Crippen LogP contribution in [0, 0.1) is 5.92 Å². The Balaban J connectivity index is 1.66. The molecule has 1 aromatic carbocycles. The van der Waals surface area contributed by atoms with Crippen LogP contribution in [-0.4, -0.2) is 22.5 Å². The Morgan fingerprint density at radius 2 is 2.13 bits per heavy atom. The molecule has 1 aliphatic heterocycles. The molecular weight excluding hydrogens is 298 g/mol. The first-order valence-electron chi connectivity index (χ1n) is 7.43. The highest BCUT2D eigenvalue weighted by Gasteiger charge is 2.23. The van der Waals surface area contributed by atoms with Gasteiger partial charge in [0.25, 0.3) is 5.56 Å². The molecule has 23 heavy (non-hydrogen) atoms. The number of nitrogens with one attached hydrogen (secondary N) is 3. The monoisotopic (exact) mass is 315 g/mol. The van der Waals surface area contributed by atoms with Crippen molar-refractivity contribution in [2.45, 2.75) is 19.4 Å². The Bertz CT molecular complexity index is 824. The first-order chi connectivity index (χ1) is 11.1. The number of ether oxygens (including phenoxy) is 1. The third kappa shape index (κ3) is 3.50. The van der Waals surface area contributed by atoms with Gasteiger partial charge in [0.1, 0.15) is 5.75 Å². The summed E-state index contributed by atoms with van der Waals surface area (Å²) >= 11 is 0. The Labute approximate surface area is 131 Å². The highest BCUT2D eigenvalue weighted by Crippen LogP contribution is 2.26. The van der Waals surface area contributed by atoms with Crippen molar-refractivity contribution >= 4 is 5.91 Å². The van der Waals surface area contributed by atoms with E-state index in [1.807, 2.05) is 24.3 Å². The number of aromatic nitrogens is 2. The van der Waals surface area contributed by atoms with Crippen LogP contribution in [0.3, 0.4) is 0 Å². The number of carbonyl (C=O) groups excluding carboxylic acids is 1. The van der Waals surface area contributed by atoms with Gasteiger partial charge in [0, 0.05) is 18.7 Å². The van der Waals surface area contributed by atoms with Crippen LogP contribution >= 0.6 is 0 Å². The van der Waals surface area contributed by atoms with E-state index in [-0.39, 0.29) is 18.4 Å². The molecule has 3 rings (SSSR count). The lowest BCUT2D eigenvalue weighted by atomic mass is 9.96. The second-order valence-corrected chi connectivity index (χ2v) is 5.46. The minimum absolute atomic E-state index is 0.0734. The fourth-order valence-corrected chi connectivity index (χ4v) is 2.61. The van der Waals surface area contributed by atoms with Crippen molar-refractivity contribution in [3.63, 3.8) is 0 Å². The largest absolute Gasteiger partial charge is 0.493 e. The molecule has 3 N–H and O–H groups in total. The molecular formula is C16H17N3O4. The number of carbonyl (C=O) groups is 1. The lowest BCUT2D eigenvalue weighted by Gasteiger charge is -2.13. The standard InChI is InChI=1S/C16H17N3O4/c20-14(17-8-12-9-18-16(22)19-15(12)21)11-5-6-23-13-4-2-1-3-10(13)7-11/h1-4,9,11H,5-8H2,(H,17,20)(H2,18,19,21,22)/t11-/m0/s1.